The molecule has 0 bridgehead atoms. The zero-order chi connectivity index (χ0) is 12.6. The Bertz CT molecular complexity index is 229. The summed E-state index contributed by atoms with van der Waals surface area (Å²) in [5, 5.41) is 2.80. The minimum Gasteiger partial charge on any atom is -0.444 e. The Morgan fingerprint density at radius 3 is 2.50 bits per heavy atom. The second-order valence-corrected chi connectivity index (χ2v) is 5.04. The molecule has 1 N–H and O–H groups in total. The van der Waals surface area contributed by atoms with Gasteiger partial charge in [0, 0.05) is 6.04 Å². The molecule has 1 amide bonds. The number of ether oxygens (including phenoxy) is 1. The van der Waals surface area contributed by atoms with Gasteiger partial charge in [-0.15, -0.1) is 0 Å². The lowest BCUT2D eigenvalue weighted by atomic mass is 10.2. The minimum absolute atomic E-state index is 0.114. The molecule has 3 heteroatoms. The largest absolute Gasteiger partial charge is 0.444 e. The molecule has 3 nitrogen and oxygen atoms in total. The van der Waals surface area contributed by atoms with Crippen LogP contribution in [0.1, 0.15) is 53.9 Å². The van der Waals surface area contributed by atoms with Crippen molar-refractivity contribution in [3.05, 3.63) is 12.2 Å². The van der Waals surface area contributed by atoms with E-state index in [1.54, 1.807) is 0 Å². The van der Waals surface area contributed by atoms with Crippen LogP contribution in [0.25, 0.3) is 0 Å². The highest BCUT2D eigenvalue weighted by molar-refractivity contribution is 5.68. The smallest absolute Gasteiger partial charge is 0.407 e. The molecule has 0 saturated carbocycles. The Labute approximate surface area is 99.3 Å². The third kappa shape index (κ3) is 9.56. The first-order valence-corrected chi connectivity index (χ1v) is 5.99. The molecule has 0 radical (unpaired) electrons. The van der Waals surface area contributed by atoms with Gasteiger partial charge in [0.1, 0.15) is 5.60 Å². The predicted octanol–water partition coefficient (Wildman–Crippen LogP) is 3.65. The van der Waals surface area contributed by atoms with Crippen molar-refractivity contribution in [1.82, 2.24) is 5.32 Å². The highest BCUT2D eigenvalue weighted by Crippen LogP contribution is 2.07. The van der Waals surface area contributed by atoms with Crippen molar-refractivity contribution in [2.45, 2.75) is 65.5 Å². The van der Waals surface area contributed by atoms with Crippen LogP contribution in [-0.4, -0.2) is 17.7 Å². The molecule has 16 heavy (non-hydrogen) atoms. The fraction of sp³-hybridized carbons (Fsp3) is 0.769. The van der Waals surface area contributed by atoms with Crippen LogP contribution in [0, 0.1) is 0 Å². The molecular weight excluding hydrogens is 202 g/mol. The van der Waals surface area contributed by atoms with E-state index < -0.39 is 5.60 Å². The molecule has 0 aliphatic carbocycles. The SMILES string of the molecule is CCC/C=C/CC(C)NC(=O)OC(C)(C)C. The first kappa shape index (κ1) is 15.0. The topological polar surface area (TPSA) is 38.3 Å². The van der Waals surface area contributed by atoms with Gasteiger partial charge in [-0.05, 0) is 40.5 Å². The predicted molar refractivity (Wildman–Crippen MR) is 67.5 cm³/mol. The molecule has 0 aromatic carbocycles. The molecule has 0 fully saturated rings. The lowest BCUT2D eigenvalue weighted by Crippen LogP contribution is -2.37. The Balaban J connectivity index is 3.78. The van der Waals surface area contributed by atoms with Gasteiger partial charge in [-0.2, -0.15) is 0 Å². The Kier molecular flexibility index (Phi) is 6.86. The summed E-state index contributed by atoms with van der Waals surface area (Å²) in [6.07, 6.45) is 7.01. The van der Waals surface area contributed by atoms with Crippen LogP contribution in [0.2, 0.25) is 0 Å². The van der Waals surface area contributed by atoms with E-state index in [1.807, 2.05) is 27.7 Å². The number of allylic oxidation sites excluding steroid dienone is 1. The van der Waals surface area contributed by atoms with Crippen LogP contribution in [0.3, 0.4) is 0 Å². The summed E-state index contributed by atoms with van der Waals surface area (Å²) in [7, 11) is 0. The summed E-state index contributed by atoms with van der Waals surface area (Å²) < 4.78 is 5.16. The summed E-state index contributed by atoms with van der Waals surface area (Å²) in [4.78, 5) is 11.4. The second kappa shape index (κ2) is 7.31. The van der Waals surface area contributed by atoms with Crippen molar-refractivity contribution >= 4 is 6.09 Å². The second-order valence-electron chi connectivity index (χ2n) is 5.04. The Hall–Kier alpha value is -0.990. The van der Waals surface area contributed by atoms with Crippen molar-refractivity contribution in [2.24, 2.45) is 0 Å². The maximum Gasteiger partial charge on any atom is 0.407 e. The molecule has 94 valence electrons. The van der Waals surface area contributed by atoms with E-state index in [4.69, 9.17) is 4.74 Å². The molecule has 1 unspecified atom stereocenters. The standard InChI is InChI=1S/C13H25NO2/c1-6-7-8-9-10-11(2)14-12(15)16-13(3,4)5/h8-9,11H,6-7,10H2,1-5H3,(H,14,15)/b9-8+. The van der Waals surface area contributed by atoms with Gasteiger partial charge in [-0.1, -0.05) is 25.5 Å². The van der Waals surface area contributed by atoms with Gasteiger partial charge in [-0.3, -0.25) is 0 Å². The maximum absolute atomic E-state index is 11.4. The number of carbonyl (C=O) groups excluding carboxylic acids is 1. The first-order chi connectivity index (χ1) is 7.35. The van der Waals surface area contributed by atoms with Crippen molar-refractivity contribution < 1.29 is 9.53 Å². The van der Waals surface area contributed by atoms with E-state index >= 15 is 0 Å². The van der Waals surface area contributed by atoms with E-state index in [9.17, 15) is 4.79 Å². The van der Waals surface area contributed by atoms with Gasteiger partial charge >= 0.3 is 6.09 Å². The van der Waals surface area contributed by atoms with Gasteiger partial charge in [0.25, 0.3) is 0 Å². The number of rotatable bonds is 5. The Morgan fingerprint density at radius 1 is 1.38 bits per heavy atom. The molecule has 0 aromatic heterocycles. The third-order valence-corrected chi connectivity index (χ3v) is 1.87. The molecule has 0 aliphatic heterocycles. The number of hydrogen-bond acceptors (Lipinski definition) is 2. The quantitative estimate of drug-likeness (QED) is 0.728. The first-order valence-electron chi connectivity index (χ1n) is 5.99. The normalized spacial score (nSPS) is 13.8. The molecule has 0 aromatic rings. The summed E-state index contributed by atoms with van der Waals surface area (Å²) in [6, 6.07) is 0.114. The monoisotopic (exact) mass is 227 g/mol. The van der Waals surface area contributed by atoms with E-state index in [-0.39, 0.29) is 12.1 Å². The van der Waals surface area contributed by atoms with Crippen LogP contribution >= 0.6 is 0 Å². The number of hydrogen-bond donors (Lipinski definition) is 1. The van der Waals surface area contributed by atoms with Gasteiger partial charge in [-0.25, -0.2) is 4.79 Å². The number of unbranched alkanes of at least 4 members (excludes halogenated alkanes) is 1. The summed E-state index contributed by atoms with van der Waals surface area (Å²) >= 11 is 0. The number of alkyl carbamates (subject to hydrolysis) is 1. The number of carbonyl (C=O) groups is 1. The number of nitrogens with one attached hydrogen (secondary N) is 1. The molecule has 0 aliphatic rings. The fourth-order valence-electron chi connectivity index (χ4n) is 1.15. The van der Waals surface area contributed by atoms with Gasteiger partial charge < -0.3 is 10.1 Å². The molecule has 0 spiro atoms. The van der Waals surface area contributed by atoms with Crippen LogP contribution in [0.4, 0.5) is 4.79 Å². The molecular formula is C13H25NO2. The molecule has 0 saturated heterocycles. The van der Waals surface area contributed by atoms with Crippen molar-refractivity contribution in [3.63, 3.8) is 0 Å². The van der Waals surface area contributed by atoms with Crippen LogP contribution in [0.5, 0.6) is 0 Å². The Morgan fingerprint density at radius 2 is 2.00 bits per heavy atom. The van der Waals surface area contributed by atoms with Gasteiger partial charge in [0.05, 0.1) is 0 Å². The minimum atomic E-state index is -0.429. The average Bonchev–Trinajstić information content (AvgIpc) is 2.09. The van der Waals surface area contributed by atoms with E-state index in [1.165, 1.54) is 0 Å². The van der Waals surface area contributed by atoms with Crippen molar-refractivity contribution in [1.29, 1.82) is 0 Å². The van der Waals surface area contributed by atoms with Crippen LogP contribution in [-0.2, 0) is 4.74 Å². The zero-order valence-corrected chi connectivity index (χ0v) is 11.2. The maximum atomic E-state index is 11.4. The summed E-state index contributed by atoms with van der Waals surface area (Å²) in [5.74, 6) is 0. The zero-order valence-electron chi connectivity index (χ0n) is 11.2. The molecule has 0 rings (SSSR count). The molecule has 0 heterocycles. The summed E-state index contributed by atoms with van der Waals surface area (Å²) in [6.45, 7) is 9.70. The van der Waals surface area contributed by atoms with Crippen LogP contribution in [0.15, 0.2) is 12.2 Å². The lowest BCUT2D eigenvalue weighted by molar-refractivity contribution is 0.0509. The van der Waals surface area contributed by atoms with E-state index in [0.29, 0.717) is 0 Å². The lowest BCUT2D eigenvalue weighted by Gasteiger charge is -2.21. The van der Waals surface area contributed by atoms with Gasteiger partial charge in [0.15, 0.2) is 0 Å². The highest BCUT2D eigenvalue weighted by Gasteiger charge is 2.16. The van der Waals surface area contributed by atoms with Crippen molar-refractivity contribution in [3.8, 4) is 0 Å². The van der Waals surface area contributed by atoms with E-state index in [2.05, 4.69) is 24.4 Å². The average molecular weight is 227 g/mol. The van der Waals surface area contributed by atoms with Crippen LogP contribution < -0.4 is 5.32 Å². The van der Waals surface area contributed by atoms with Gasteiger partial charge in [0.2, 0.25) is 0 Å². The summed E-state index contributed by atoms with van der Waals surface area (Å²) in [5.41, 5.74) is -0.429. The fourth-order valence-corrected chi connectivity index (χ4v) is 1.15. The number of amides is 1. The highest BCUT2D eigenvalue weighted by atomic mass is 16.6. The van der Waals surface area contributed by atoms with E-state index in [0.717, 1.165) is 19.3 Å². The van der Waals surface area contributed by atoms with Crippen molar-refractivity contribution in [2.75, 3.05) is 0 Å². The molecule has 1 atom stereocenters. The third-order valence-electron chi connectivity index (χ3n) is 1.87.